The van der Waals surface area contributed by atoms with Crippen LogP contribution < -0.4 is 15.4 Å². The van der Waals surface area contributed by atoms with Gasteiger partial charge in [-0.15, -0.1) is 0 Å². The van der Waals surface area contributed by atoms with Gasteiger partial charge in [0.2, 0.25) is 5.95 Å². The highest BCUT2D eigenvalue weighted by Gasteiger charge is 2.21. The molecule has 24 heavy (non-hydrogen) atoms. The zero-order chi connectivity index (χ0) is 16.2. The van der Waals surface area contributed by atoms with Crippen molar-refractivity contribution >= 4 is 17.5 Å². The molecule has 1 fully saturated rings. The third kappa shape index (κ3) is 3.81. The van der Waals surface area contributed by atoms with Crippen molar-refractivity contribution in [3.63, 3.8) is 0 Å². The Labute approximate surface area is 140 Å². The molecule has 0 unspecified atom stereocenters. The first-order chi connectivity index (χ1) is 11.8. The van der Waals surface area contributed by atoms with Gasteiger partial charge in [-0.1, -0.05) is 18.2 Å². The van der Waals surface area contributed by atoms with Gasteiger partial charge in [0.05, 0.1) is 0 Å². The van der Waals surface area contributed by atoms with Crippen LogP contribution in [0.25, 0.3) is 0 Å². The summed E-state index contributed by atoms with van der Waals surface area (Å²) in [5.74, 6) is 3.05. The third-order valence-electron chi connectivity index (χ3n) is 3.67. The first-order valence-electron chi connectivity index (χ1n) is 8.05. The van der Waals surface area contributed by atoms with Crippen LogP contribution in [0.3, 0.4) is 0 Å². The van der Waals surface area contributed by atoms with Gasteiger partial charge in [-0.25, -0.2) is 4.98 Å². The fraction of sp³-hybridized carbons (Fsp3) is 0.158. The standard InChI is InChI=1S/C19H18N4O/c1-2-4-16(5-3-1)24-17-10-8-15(9-11-17)22-19-20-13-12-18(23-19)21-14-6-7-14/h1-5,8-14H,6-7H2,(H2,20,21,22,23). The molecule has 1 aliphatic carbocycles. The first kappa shape index (κ1) is 14.5. The number of aromatic nitrogens is 2. The molecule has 0 bridgehead atoms. The van der Waals surface area contributed by atoms with Crippen molar-refractivity contribution in [3.8, 4) is 11.5 Å². The third-order valence-corrected chi connectivity index (χ3v) is 3.67. The Balaban J connectivity index is 1.41. The molecule has 0 atom stereocenters. The minimum Gasteiger partial charge on any atom is -0.457 e. The van der Waals surface area contributed by atoms with E-state index in [0.717, 1.165) is 23.0 Å². The monoisotopic (exact) mass is 318 g/mol. The Morgan fingerprint density at radius 1 is 0.875 bits per heavy atom. The van der Waals surface area contributed by atoms with Gasteiger partial charge in [-0.05, 0) is 55.3 Å². The quantitative estimate of drug-likeness (QED) is 0.696. The van der Waals surface area contributed by atoms with Gasteiger partial charge in [0, 0.05) is 17.9 Å². The summed E-state index contributed by atoms with van der Waals surface area (Å²) in [5, 5.41) is 6.58. The normalized spacial score (nSPS) is 13.3. The number of anilines is 3. The number of para-hydroxylation sites is 1. The second kappa shape index (κ2) is 6.58. The van der Waals surface area contributed by atoms with Crippen LogP contribution in [-0.4, -0.2) is 16.0 Å². The number of benzene rings is 2. The van der Waals surface area contributed by atoms with Gasteiger partial charge in [0.1, 0.15) is 17.3 Å². The molecule has 1 aromatic heterocycles. The van der Waals surface area contributed by atoms with Gasteiger partial charge in [-0.3, -0.25) is 0 Å². The SMILES string of the molecule is c1ccc(Oc2ccc(Nc3nccc(NC4CC4)n3)cc2)cc1. The number of nitrogens with one attached hydrogen (secondary N) is 2. The predicted molar refractivity (Wildman–Crippen MR) is 94.9 cm³/mol. The van der Waals surface area contributed by atoms with E-state index in [9.17, 15) is 0 Å². The summed E-state index contributed by atoms with van der Waals surface area (Å²) >= 11 is 0. The second-order valence-electron chi connectivity index (χ2n) is 5.75. The Hall–Kier alpha value is -3.08. The van der Waals surface area contributed by atoms with Crippen molar-refractivity contribution in [1.82, 2.24) is 9.97 Å². The summed E-state index contributed by atoms with van der Waals surface area (Å²) in [4.78, 5) is 8.73. The van der Waals surface area contributed by atoms with E-state index in [0.29, 0.717) is 12.0 Å². The molecule has 4 rings (SSSR count). The maximum Gasteiger partial charge on any atom is 0.229 e. The van der Waals surface area contributed by atoms with Gasteiger partial charge >= 0.3 is 0 Å². The number of nitrogens with zero attached hydrogens (tertiary/aromatic N) is 2. The van der Waals surface area contributed by atoms with E-state index in [1.165, 1.54) is 12.8 Å². The Morgan fingerprint density at radius 3 is 2.38 bits per heavy atom. The largest absolute Gasteiger partial charge is 0.457 e. The van der Waals surface area contributed by atoms with E-state index < -0.39 is 0 Å². The van der Waals surface area contributed by atoms with E-state index in [-0.39, 0.29) is 0 Å². The van der Waals surface area contributed by atoms with Crippen LogP contribution in [0.1, 0.15) is 12.8 Å². The number of hydrogen-bond acceptors (Lipinski definition) is 5. The molecule has 0 radical (unpaired) electrons. The lowest BCUT2D eigenvalue weighted by Gasteiger charge is -2.09. The molecule has 2 N–H and O–H groups in total. The first-order valence-corrected chi connectivity index (χ1v) is 8.05. The minimum absolute atomic E-state index is 0.571. The molecule has 1 saturated carbocycles. The maximum absolute atomic E-state index is 5.78. The zero-order valence-electron chi connectivity index (χ0n) is 13.1. The Bertz CT molecular complexity index is 801. The Kier molecular flexibility index (Phi) is 3.98. The maximum atomic E-state index is 5.78. The Morgan fingerprint density at radius 2 is 1.62 bits per heavy atom. The molecule has 0 amide bonds. The number of hydrogen-bond donors (Lipinski definition) is 2. The summed E-state index contributed by atoms with van der Waals surface area (Å²) in [6.45, 7) is 0. The summed E-state index contributed by atoms with van der Waals surface area (Å²) in [5.41, 5.74) is 0.916. The highest BCUT2D eigenvalue weighted by molar-refractivity contribution is 5.56. The molecule has 120 valence electrons. The topological polar surface area (TPSA) is 59.1 Å². The van der Waals surface area contributed by atoms with Crippen LogP contribution in [0.2, 0.25) is 0 Å². The van der Waals surface area contributed by atoms with Crippen molar-refractivity contribution in [2.24, 2.45) is 0 Å². The minimum atomic E-state index is 0.571. The van der Waals surface area contributed by atoms with Crippen molar-refractivity contribution in [1.29, 1.82) is 0 Å². The average Bonchev–Trinajstić information content (AvgIpc) is 3.42. The molecule has 2 aromatic carbocycles. The average molecular weight is 318 g/mol. The molecule has 1 aliphatic rings. The lowest BCUT2D eigenvalue weighted by Crippen LogP contribution is -2.05. The molecule has 5 heteroatoms. The summed E-state index contributed by atoms with van der Waals surface area (Å²) < 4.78 is 5.78. The molecule has 0 spiro atoms. The van der Waals surface area contributed by atoms with Gasteiger partial charge in [-0.2, -0.15) is 4.98 Å². The van der Waals surface area contributed by atoms with E-state index >= 15 is 0 Å². The van der Waals surface area contributed by atoms with Crippen molar-refractivity contribution in [3.05, 3.63) is 66.9 Å². The molecule has 5 nitrogen and oxygen atoms in total. The van der Waals surface area contributed by atoms with Crippen LogP contribution in [0.15, 0.2) is 66.9 Å². The van der Waals surface area contributed by atoms with E-state index in [1.54, 1.807) is 6.20 Å². The van der Waals surface area contributed by atoms with Gasteiger partial charge < -0.3 is 15.4 Å². The second-order valence-corrected chi connectivity index (χ2v) is 5.75. The molecule has 0 saturated heterocycles. The van der Waals surface area contributed by atoms with Crippen molar-refractivity contribution < 1.29 is 4.74 Å². The van der Waals surface area contributed by atoms with E-state index in [1.807, 2.05) is 60.7 Å². The molecular formula is C19H18N4O. The highest BCUT2D eigenvalue weighted by atomic mass is 16.5. The predicted octanol–water partition coefficient (Wildman–Crippen LogP) is 4.59. The summed E-state index contributed by atoms with van der Waals surface area (Å²) in [7, 11) is 0. The molecule has 3 aromatic rings. The van der Waals surface area contributed by atoms with E-state index in [2.05, 4.69) is 20.6 Å². The van der Waals surface area contributed by atoms with Crippen molar-refractivity contribution in [2.45, 2.75) is 18.9 Å². The smallest absolute Gasteiger partial charge is 0.229 e. The highest BCUT2D eigenvalue weighted by Crippen LogP contribution is 2.25. The van der Waals surface area contributed by atoms with Crippen molar-refractivity contribution in [2.75, 3.05) is 10.6 Å². The molecular weight excluding hydrogens is 300 g/mol. The fourth-order valence-electron chi connectivity index (χ4n) is 2.30. The van der Waals surface area contributed by atoms with Crippen LogP contribution in [0, 0.1) is 0 Å². The van der Waals surface area contributed by atoms with Crippen LogP contribution in [0.5, 0.6) is 11.5 Å². The van der Waals surface area contributed by atoms with Gasteiger partial charge in [0.25, 0.3) is 0 Å². The fourth-order valence-corrected chi connectivity index (χ4v) is 2.30. The van der Waals surface area contributed by atoms with Crippen LogP contribution >= 0.6 is 0 Å². The zero-order valence-corrected chi connectivity index (χ0v) is 13.1. The summed E-state index contributed by atoms with van der Waals surface area (Å²) in [6.07, 6.45) is 4.19. The number of ether oxygens (including phenoxy) is 1. The lowest BCUT2D eigenvalue weighted by molar-refractivity contribution is 0.483. The van der Waals surface area contributed by atoms with Gasteiger partial charge in [0.15, 0.2) is 0 Å². The molecule has 1 heterocycles. The summed E-state index contributed by atoms with van der Waals surface area (Å²) in [6, 6.07) is 19.9. The van der Waals surface area contributed by atoms with Crippen LogP contribution in [-0.2, 0) is 0 Å². The number of rotatable bonds is 6. The molecule has 0 aliphatic heterocycles. The lowest BCUT2D eigenvalue weighted by atomic mass is 10.3. The van der Waals surface area contributed by atoms with E-state index in [4.69, 9.17) is 4.74 Å². The van der Waals surface area contributed by atoms with Crippen LogP contribution in [0.4, 0.5) is 17.5 Å².